The van der Waals surface area contributed by atoms with Crippen LogP contribution in [0.1, 0.15) is 12.8 Å². The fraction of sp³-hybridized carbons (Fsp3) is 0.889. The Morgan fingerprint density at radius 2 is 2.00 bits per heavy atom. The van der Waals surface area contributed by atoms with Gasteiger partial charge in [0, 0.05) is 26.6 Å². The van der Waals surface area contributed by atoms with Gasteiger partial charge in [-0.2, -0.15) is 13.2 Å². The molecule has 0 rings (SSSR count). The van der Waals surface area contributed by atoms with Crippen molar-refractivity contribution in [1.29, 1.82) is 0 Å². The minimum absolute atomic E-state index is 0.167. The Hall–Kier alpha value is -0.820. The molecule has 0 heterocycles. The Balaban J connectivity index is 3.89. The molecule has 0 saturated carbocycles. The van der Waals surface area contributed by atoms with Crippen molar-refractivity contribution in [3.8, 4) is 0 Å². The Labute approximate surface area is 93.0 Å². The molecule has 0 aliphatic heterocycles. The largest absolute Gasteiger partial charge is 0.401 e. The van der Waals surface area contributed by atoms with Crippen LogP contribution in [0, 0.1) is 0 Å². The number of hydrogen-bond donors (Lipinski definition) is 2. The second-order valence-electron chi connectivity index (χ2n) is 3.46. The summed E-state index contributed by atoms with van der Waals surface area (Å²) in [4.78, 5) is 12.1. The van der Waals surface area contributed by atoms with E-state index in [-0.39, 0.29) is 32.0 Å². The maximum Gasteiger partial charge on any atom is 0.401 e. The SMILES string of the molecule is CNC(=O)CCCN(CCN)CC(F)(F)F. The number of nitrogens with one attached hydrogen (secondary N) is 1. The first-order valence-corrected chi connectivity index (χ1v) is 5.09. The van der Waals surface area contributed by atoms with Gasteiger partial charge in [-0.1, -0.05) is 0 Å². The molecule has 0 fully saturated rings. The van der Waals surface area contributed by atoms with Gasteiger partial charge in [0.25, 0.3) is 0 Å². The van der Waals surface area contributed by atoms with E-state index in [9.17, 15) is 18.0 Å². The lowest BCUT2D eigenvalue weighted by atomic mass is 10.2. The predicted molar refractivity (Wildman–Crippen MR) is 54.9 cm³/mol. The second-order valence-corrected chi connectivity index (χ2v) is 3.46. The molecule has 0 aromatic carbocycles. The molecule has 1 amide bonds. The van der Waals surface area contributed by atoms with E-state index >= 15 is 0 Å². The summed E-state index contributed by atoms with van der Waals surface area (Å²) in [6.45, 7) is -0.384. The zero-order chi connectivity index (χ0) is 12.6. The highest BCUT2D eigenvalue weighted by Crippen LogP contribution is 2.16. The van der Waals surface area contributed by atoms with E-state index in [1.165, 1.54) is 11.9 Å². The molecule has 7 heteroatoms. The number of halogens is 3. The number of carbonyl (C=O) groups is 1. The van der Waals surface area contributed by atoms with Crippen LogP contribution in [0.5, 0.6) is 0 Å². The molecule has 4 nitrogen and oxygen atoms in total. The summed E-state index contributed by atoms with van der Waals surface area (Å²) in [7, 11) is 1.50. The van der Waals surface area contributed by atoms with Gasteiger partial charge < -0.3 is 11.1 Å². The zero-order valence-electron chi connectivity index (χ0n) is 9.31. The third-order valence-electron chi connectivity index (χ3n) is 2.01. The quantitative estimate of drug-likeness (QED) is 0.675. The normalized spacial score (nSPS) is 11.9. The molecule has 96 valence electrons. The van der Waals surface area contributed by atoms with Gasteiger partial charge >= 0.3 is 6.18 Å². The molecule has 0 radical (unpaired) electrons. The van der Waals surface area contributed by atoms with Crippen LogP contribution in [0.2, 0.25) is 0 Å². The third-order valence-corrected chi connectivity index (χ3v) is 2.01. The highest BCUT2D eigenvalue weighted by Gasteiger charge is 2.30. The fourth-order valence-corrected chi connectivity index (χ4v) is 1.29. The monoisotopic (exact) mass is 241 g/mol. The minimum Gasteiger partial charge on any atom is -0.359 e. The van der Waals surface area contributed by atoms with Crippen molar-refractivity contribution < 1.29 is 18.0 Å². The molecule has 16 heavy (non-hydrogen) atoms. The number of hydrogen-bond acceptors (Lipinski definition) is 3. The highest BCUT2D eigenvalue weighted by atomic mass is 19.4. The van der Waals surface area contributed by atoms with Crippen LogP contribution < -0.4 is 11.1 Å². The van der Waals surface area contributed by atoms with Crippen molar-refractivity contribution in [3.63, 3.8) is 0 Å². The summed E-state index contributed by atoms with van der Waals surface area (Å²) in [5, 5.41) is 2.41. The van der Waals surface area contributed by atoms with Crippen LogP contribution in [0.4, 0.5) is 13.2 Å². The zero-order valence-corrected chi connectivity index (χ0v) is 9.31. The van der Waals surface area contributed by atoms with Gasteiger partial charge in [-0.25, -0.2) is 0 Å². The Morgan fingerprint density at radius 1 is 1.38 bits per heavy atom. The van der Waals surface area contributed by atoms with E-state index in [4.69, 9.17) is 5.73 Å². The summed E-state index contributed by atoms with van der Waals surface area (Å²) in [6.07, 6.45) is -3.59. The average Bonchev–Trinajstić information content (AvgIpc) is 2.15. The van der Waals surface area contributed by atoms with Crippen LogP contribution in [-0.4, -0.2) is 50.2 Å². The molecule has 0 atom stereocenters. The molecule has 0 aromatic heterocycles. The van der Waals surface area contributed by atoms with Crippen molar-refractivity contribution in [2.24, 2.45) is 5.73 Å². The standard InChI is InChI=1S/C9H18F3N3O/c1-14-8(16)3-2-5-15(6-4-13)7-9(10,11)12/h2-7,13H2,1H3,(H,14,16). The Kier molecular flexibility index (Phi) is 7.07. The van der Waals surface area contributed by atoms with Gasteiger partial charge in [0.15, 0.2) is 0 Å². The average molecular weight is 241 g/mol. The molecule has 0 saturated heterocycles. The van der Waals surface area contributed by atoms with Crippen LogP contribution in [0.15, 0.2) is 0 Å². The molecule has 0 bridgehead atoms. The van der Waals surface area contributed by atoms with E-state index in [1.807, 2.05) is 0 Å². The van der Waals surface area contributed by atoms with Gasteiger partial charge in [0.1, 0.15) is 0 Å². The Bertz CT molecular complexity index is 209. The molecule has 0 unspecified atom stereocenters. The molecular formula is C9H18F3N3O. The number of nitrogens with two attached hydrogens (primary N) is 1. The molecule has 0 aliphatic carbocycles. The number of alkyl halides is 3. The van der Waals surface area contributed by atoms with Crippen molar-refractivity contribution >= 4 is 5.91 Å². The molecule has 3 N–H and O–H groups in total. The van der Waals surface area contributed by atoms with E-state index in [1.54, 1.807) is 0 Å². The lowest BCUT2D eigenvalue weighted by Gasteiger charge is -2.22. The van der Waals surface area contributed by atoms with Crippen LogP contribution in [0.25, 0.3) is 0 Å². The molecular weight excluding hydrogens is 223 g/mol. The molecule has 0 aliphatic rings. The summed E-state index contributed by atoms with van der Waals surface area (Å²) in [6, 6.07) is 0. The molecule has 0 aromatic rings. The summed E-state index contributed by atoms with van der Waals surface area (Å²) >= 11 is 0. The second kappa shape index (κ2) is 7.45. The highest BCUT2D eigenvalue weighted by molar-refractivity contribution is 5.75. The minimum atomic E-state index is -4.22. The summed E-state index contributed by atoms with van der Waals surface area (Å²) in [5.41, 5.74) is 5.22. The van der Waals surface area contributed by atoms with Gasteiger partial charge in [-0.15, -0.1) is 0 Å². The topological polar surface area (TPSA) is 58.4 Å². The smallest absolute Gasteiger partial charge is 0.359 e. The van der Waals surface area contributed by atoms with Gasteiger partial charge in [0.2, 0.25) is 5.91 Å². The van der Waals surface area contributed by atoms with Crippen molar-refractivity contribution in [2.75, 3.05) is 33.2 Å². The molecule has 0 spiro atoms. The number of carbonyl (C=O) groups excluding carboxylic acids is 1. The first kappa shape index (κ1) is 15.2. The van der Waals surface area contributed by atoms with Crippen molar-refractivity contribution in [2.45, 2.75) is 19.0 Å². The number of rotatable bonds is 7. The lowest BCUT2D eigenvalue weighted by Crippen LogP contribution is -2.38. The Morgan fingerprint density at radius 3 is 2.44 bits per heavy atom. The lowest BCUT2D eigenvalue weighted by molar-refractivity contribution is -0.145. The summed E-state index contributed by atoms with van der Waals surface area (Å²) in [5.74, 6) is -0.167. The third kappa shape index (κ3) is 8.49. The maximum atomic E-state index is 12.1. The van der Waals surface area contributed by atoms with Gasteiger partial charge in [0.05, 0.1) is 6.54 Å². The summed E-state index contributed by atoms with van der Waals surface area (Å²) < 4.78 is 36.4. The van der Waals surface area contributed by atoms with Gasteiger partial charge in [-0.05, 0) is 13.0 Å². The first-order chi connectivity index (χ1) is 7.39. The van der Waals surface area contributed by atoms with Crippen molar-refractivity contribution in [1.82, 2.24) is 10.2 Å². The van der Waals surface area contributed by atoms with Crippen LogP contribution in [0.3, 0.4) is 0 Å². The van der Waals surface area contributed by atoms with Crippen LogP contribution >= 0.6 is 0 Å². The van der Waals surface area contributed by atoms with Crippen molar-refractivity contribution in [3.05, 3.63) is 0 Å². The van der Waals surface area contributed by atoms with E-state index in [2.05, 4.69) is 5.32 Å². The fourth-order valence-electron chi connectivity index (χ4n) is 1.29. The van der Waals surface area contributed by atoms with Gasteiger partial charge in [-0.3, -0.25) is 9.69 Å². The number of amides is 1. The first-order valence-electron chi connectivity index (χ1n) is 5.09. The predicted octanol–water partition coefficient (Wildman–Crippen LogP) is 0.336. The van der Waals surface area contributed by atoms with E-state index in [0.717, 1.165) is 0 Å². The number of nitrogens with zero attached hydrogens (tertiary/aromatic N) is 1. The van der Waals surface area contributed by atoms with Crippen LogP contribution in [-0.2, 0) is 4.79 Å². The van der Waals surface area contributed by atoms with E-state index in [0.29, 0.717) is 6.42 Å². The van der Waals surface area contributed by atoms with E-state index < -0.39 is 12.7 Å². The maximum absolute atomic E-state index is 12.1.